The van der Waals surface area contributed by atoms with Crippen LogP contribution in [-0.4, -0.2) is 22.9 Å². The van der Waals surface area contributed by atoms with Crippen molar-refractivity contribution >= 4 is 23.5 Å². The second-order valence-corrected chi connectivity index (χ2v) is 7.06. The molecule has 1 aliphatic carbocycles. The highest BCUT2D eigenvalue weighted by atomic mass is 19.1. The van der Waals surface area contributed by atoms with Crippen LogP contribution in [-0.2, 0) is 16.1 Å². The van der Waals surface area contributed by atoms with Crippen molar-refractivity contribution < 1.29 is 23.9 Å². The van der Waals surface area contributed by atoms with E-state index in [9.17, 15) is 23.9 Å². The van der Waals surface area contributed by atoms with Gasteiger partial charge in [0.2, 0.25) is 5.91 Å². The molecular weight excluding hydrogens is 363 g/mol. The molecule has 1 saturated carbocycles. The highest BCUT2D eigenvalue weighted by Gasteiger charge is 2.45. The lowest BCUT2D eigenvalue weighted by atomic mass is 9.66. The summed E-state index contributed by atoms with van der Waals surface area (Å²) in [6.07, 6.45) is 1.85. The quantitative estimate of drug-likeness (QED) is 0.682. The molecule has 146 valence electrons. The van der Waals surface area contributed by atoms with Gasteiger partial charge in [0, 0.05) is 24.2 Å². The van der Waals surface area contributed by atoms with E-state index in [-0.39, 0.29) is 24.4 Å². The Labute approximate surface area is 161 Å². The van der Waals surface area contributed by atoms with Crippen LogP contribution in [0, 0.1) is 11.2 Å². The Balaban J connectivity index is 1.57. The molecule has 0 unspecified atom stereocenters. The number of carboxylic acids is 1. The molecule has 0 aromatic heterocycles. The highest BCUT2D eigenvalue weighted by molar-refractivity contribution is 6.04. The zero-order valence-electron chi connectivity index (χ0n) is 15.2. The summed E-state index contributed by atoms with van der Waals surface area (Å²) in [6, 6.07) is 12.3. The molecular formula is C21H21FN2O4. The third kappa shape index (κ3) is 4.54. The molecule has 0 aliphatic heterocycles. The van der Waals surface area contributed by atoms with Gasteiger partial charge in [-0.1, -0.05) is 24.6 Å². The van der Waals surface area contributed by atoms with Crippen LogP contribution in [0.5, 0.6) is 0 Å². The molecule has 0 radical (unpaired) electrons. The van der Waals surface area contributed by atoms with Gasteiger partial charge in [-0.2, -0.15) is 0 Å². The van der Waals surface area contributed by atoms with Crippen LogP contribution >= 0.6 is 0 Å². The van der Waals surface area contributed by atoms with Gasteiger partial charge in [-0.3, -0.25) is 14.4 Å². The van der Waals surface area contributed by atoms with Gasteiger partial charge in [-0.25, -0.2) is 4.39 Å². The van der Waals surface area contributed by atoms with Crippen molar-refractivity contribution in [1.29, 1.82) is 0 Å². The number of carbonyl (C=O) groups is 3. The maximum Gasteiger partial charge on any atom is 0.310 e. The number of hydrogen-bond acceptors (Lipinski definition) is 3. The number of anilines is 1. The van der Waals surface area contributed by atoms with Crippen LogP contribution in [0.1, 0.15) is 41.6 Å². The van der Waals surface area contributed by atoms with Gasteiger partial charge in [0.05, 0.1) is 5.41 Å². The van der Waals surface area contributed by atoms with E-state index in [0.717, 1.165) is 18.1 Å². The zero-order chi connectivity index (χ0) is 20.1. The highest BCUT2D eigenvalue weighted by Crippen LogP contribution is 2.44. The molecule has 2 amide bonds. The van der Waals surface area contributed by atoms with Crippen LogP contribution in [0.15, 0.2) is 48.5 Å². The smallest absolute Gasteiger partial charge is 0.310 e. The zero-order valence-corrected chi connectivity index (χ0v) is 15.2. The van der Waals surface area contributed by atoms with Crippen molar-refractivity contribution in [2.24, 2.45) is 5.41 Å². The Morgan fingerprint density at radius 1 is 1.07 bits per heavy atom. The fraction of sp³-hybridized carbons (Fsp3) is 0.286. The molecule has 0 atom stereocenters. The van der Waals surface area contributed by atoms with E-state index in [2.05, 4.69) is 10.6 Å². The van der Waals surface area contributed by atoms with Crippen molar-refractivity contribution in [1.82, 2.24) is 5.32 Å². The molecule has 1 fully saturated rings. The van der Waals surface area contributed by atoms with Gasteiger partial charge >= 0.3 is 5.97 Å². The normalized spacial score (nSPS) is 14.6. The van der Waals surface area contributed by atoms with E-state index >= 15 is 0 Å². The minimum Gasteiger partial charge on any atom is -0.481 e. The first kappa shape index (κ1) is 19.5. The summed E-state index contributed by atoms with van der Waals surface area (Å²) in [7, 11) is 0. The maximum atomic E-state index is 13.2. The van der Waals surface area contributed by atoms with E-state index in [1.165, 1.54) is 18.2 Å². The first-order chi connectivity index (χ1) is 13.4. The lowest BCUT2D eigenvalue weighted by molar-refractivity contribution is -0.157. The lowest BCUT2D eigenvalue weighted by Crippen LogP contribution is -2.42. The molecule has 6 nitrogen and oxygen atoms in total. The third-order valence-electron chi connectivity index (χ3n) is 5.02. The number of amides is 2. The Hall–Kier alpha value is -3.22. The molecule has 2 aromatic carbocycles. The van der Waals surface area contributed by atoms with Gasteiger partial charge in [0.25, 0.3) is 5.91 Å². The first-order valence-corrected chi connectivity index (χ1v) is 9.04. The molecule has 0 saturated heterocycles. The van der Waals surface area contributed by atoms with Crippen LogP contribution in [0.3, 0.4) is 0 Å². The Bertz CT molecular complexity index is 909. The Kier molecular flexibility index (Phi) is 5.73. The molecule has 3 N–H and O–H groups in total. The molecule has 1 aliphatic rings. The Morgan fingerprint density at radius 3 is 2.46 bits per heavy atom. The largest absolute Gasteiger partial charge is 0.481 e. The number of hydrogen-bond donors (Lipinski definition) is 3. The van der Waals surface area contributed by atoms with E-state index in [4.69, 9.17) is 0 Å². The summed E-state index contributed by atoms with van der Waals surface area (Å²) in [4.78, 5) is 35.7. The maximum absolute atomic E-state index is 13.2. The van der Waals surface area contributed by atoms with Crippen LogP contribution in [0.25, 0.3) is 0 Å². The van der Waals surface area contributed by atoms with Crippen LogP contribution < -0.4 is 10.6 Å². The number of aliphatic carboxylic acids is 1. The van der Waals surface area contributed by atoms with Gasteiger partial charge in [-0.15, -0.1) is 0 Å². The molecule has 2 aromatic rings. The number of halogens is 1. The Morgan fingerprint density at radius 2 is 1.82 bits per heavy atom. The van der Waals surface area contributed by atoms with Gasteiger partial charge < -0.3 is 15.7 Å². The summed E-state index contributed by atoms with van der Waals surface area (Å²) in [6.45, 7) is 0.220. The molecule has 7 heteroatoms. The fourth-order valence-corrected chi connectivity index (χ4v) is 3.23. The summed E-state index contributed by atoms with van der Waals surface area (Å²) < 4.78 is 13.2. The minimum atomic E-state index is -0.926. The van der Waals surface area contributed by atoms with Crippen LogP contribution in [0.4, 0.5) is 10.1 Å². The SMILES string of the molecule is O=C(CC1(C(=O)O)CCC1)NCc1cccc(NC(=O)c2cccc(F)c2)c1. The van der Waals surface area contributed by atoms with Crippen LogP contribution in [0.2, 0.25) is 0 Å². The second kappa shape index (κ2) is 8.21. The molecule has 3 rings (SSSR count). The topological polar surface area (TPSA) is 95.5 Å². The van der Waals surface area contributed by atoms with Gasteiger partial charge in [-0.05, 0) is 48.7 Å². The number of carbonyl (C=O) groups excluding carboxylic acids is 2. The van der Waals surface area contributed by atoms with Gasteiger partial charge in [0.15, 0.2) is 0 Å². The second-order valence-electron chi connectivity index (χ2n) is 7.06. The van der Waals surface area contributed by atoms with E-state index in [1.807, 2.05) is 0 Å². The molecule has 0 heterocycles. The summed E-state index contributed by atoms with van der Waals surface area (Å²) >= 11 is 0. The minimum absolute atomic E-state index is 0.0294. The fourth-order valence-electron chi connectivity index (χ4n) is 3.23. The van der Waals surface area contributed by atoms with Crippen molar-refractivity contribution in [3.8, 4) is 0 Å². The standard InChI is InChI=1S/C21H21FN2O4/c22-16-6-2-5-15(11-16)19(26)24-17-7-1-4-14(10-17)13-23-18(25)12-21(20(27)28)8-3-9-21/h1-2,4-7,10-11H,3,8-9,12-13H2,(H,23,25)(H,24,26)(H,27,28). The summed E-state index contributed by atoms with van der Waals surface area (Å²) in [5.41, 5.74) is 0.550. The van der Waals surface area contributed by atoms with Crippen molar-refractivity contribution in [2.45, 2.75) is 32.2 Å². The monoisotopic (exact) mass is 384 g/mol. The predicted octanol–water partition coefficient (Wildman–Crippen LogP) is 3.34. The number of nitrogens with one attached hydrogen (secondary N) is 2. The van der Waals surface area contributed by atoms with E-state index in [1.54, 1.807) is 24.3 Å². The van der Waals surface area contributed by atoms with Crippen molar-refractivity contribution in [2.75, 3.05) is 5.32 Å². The van der Waals surface area contributed by atoms with Crippen molar-refractivity contribution in [3.05, 3.63) is 65.5 Å². The number of carboxylic acid groups (broad SMARTS) is 1. The lowest BCUT2D eigenvalue weighted by Gasteiger charge is -2.36. The predicted molar refractivity (Wildman–Crippen MR) is 101 cm³/mol. The number of benzene rings is 2. The van der Waals surface area contributed by atoms with E-state index < -0.39 is 23.1 Å². The van der Waals surface area contributed by atoms with Gasteiger partial charge in [0.1, 0.15) is 5.82 Å². The van der Waals surface area contributed by atoms with Crippen molar-refractivity contribution in [3.63, 3.8) is 0 Å². The molecule has 0 spiro atoms. The van der Waals surface area contributed by atoms with E-state index in [0.29, 0.717) is 18.5 Å². The third-order valence-corrected chi connectivity index (χ3v) is 5.02. The molecule has 0 bridgehead atoms. The molecule has 28 heavy (non-hydrogen) atoms. The first-order valence-electron chi connectivity index (χ1n) is 9.04. The average Bonchev–Trinajstić information content (AvgIpc) is 2.63. The average molecular weight is 384 g/mol. The summed E-state index contributed by atoms with van der Waals surface area (Å²) in [5, 5.41) is 14.7. The summed E-state index contributed by atoms with van der Waals surface area (Å²) in [5.74, 6) is -2.16. The number of rotatable bonds is 7.